The van der Waals surface area contributed by atoms with Crippen molar-refractivity contribution in [3.63, 3.8) is 0 Å². The third-order valence-electron chi connectivity index (χ3n) is 2.18. The molecule has 0 fully saturated rings. The van der Waals surface area contributed by atoms with E-state index in [4.69, 9.17) is 4.84 Å². The Morgan fingerprint density at radius 2 is 1.75 bits per heavy atom. The van der Waals surface area contributed by atoms with Gasteiger partial charge in [-0.05, 0) is 20.8 Å². The van der Waals surface area contributed by atoms with Crippen LogP contribution in [0, 0.1) is 0 Å². The van der Waals surface area contributed by atoms with Gasteiger partial charge in [0.25, 0.3) is 0 Å². The highest BCUT2D eigenvalue weighted by molar-refractivity contribution is 5.80. The summed E-state index contributed by atoms with van der Waals surface area (Å²) in [5.74, 6) is -0.347. The molecule has 0 heterocycles. The van der Waals surface area contributed by atoms with Crippen molar-refractivity contribution < 1.29 is 14.3 Å². The van der Waals surface area contributed by atoms with E-state index in [1.54, 1.807) is 0 Å². The summed E-state index contributed by atoms with van der Waals surface area (Å²) in [5, 5.41) is 0. The van der Waals surface area contributed by atoms with Crippen molar-refractivity contribution in [2.45, 2.75) is 20.8 Å². The van der Waals surface area contributed by atoms with Crippen LogP contribution in [0.2, 0.25) is 0 Å². The van der Waals surface area contributed by atoms with Crippen LogP contribution in [0.25, 0.3) is 0 Å². The van der Waals surface area contributed by atoms with Crippen LogP contribution in [0.15, 0.2) is 12.7 Å². The van der Waals surface area contributed by atoms with Gasteiger partial charge in [-0.1, -0.05) is 6.58 Å². The molecule has 0 atom stereocenters. The normalized spacial score (nSPS) is 10.9. The largest absolute Gasteiger partial charge is 0.389 e. The third-order valence-corrected chi connectivity index (χ3v) is 2.18. The van der Waals surface area contributed by atoms with Crippen LogP contribution < -0.4 is 0 Å². The zero-order chi connectivity index (χ0) is 9.61. The van der Waals surface area contributed by atoms with Gasteiger partial charge in [0.1, 0.15) is 19.6 Å². The molecule has 3 nitrogen and oxygen atoms in total. The molecule has 0 N–H and O–H groups in total. The number of carbonyl (C=O) groups is 1. The molecule has 0 bridgehead atoms. The molecule has 0 aliphatic heterocycles. The van der Waals surface area contributed by atoms with E-state index in [1.807, 2.05) is 20.8 Å². The zero-order valence-corrected chi connectivity index (χ0v) is 8.17. The fourth-order valence-corrected chi connectivity index (χ4v) is 1.09. The van der Waals surface area contributed by atoms with Crippen molar-refractivity contribution in [2.75, 3.05) is 19.6 Å². The molecular formula is C9H18NO2+. The van der Waals surface area contributed by atoms with Crippen LogP contribution >= 0.6 is 0 Å². The van der Waals surface area contributed by atoms with Crippen molar-refractivity contribution in [1.29, 1.82) is 0 Å². The molecule has 0 spiro atoms. The average molecular weight is 172 g/mol. The summed E-state index contributed by atoms with van der Waals surface area (Å²) < 4.78 is 0.380. The van der Waals surface area contributed by atoms with Crippen LogP contribution in [0.1, 0.15) is 20.8 Å². The van der Waals surface area contributed by atoms with E-state index in [9.17, 15) is 4.79 Å². The standard InChI is InChI=1S/C9H18NO2/c1-5-9(11)12-10(6-2,7-3)8-4/h5H,1,6-8H2,2-4H3/q+1. The van der Waals surface area contributed by atoms with Crippen LogP contribution in [-0.4, -0.2) is 30.2 Å². The Kier molecular flexibility index (Phi) is 4.59. The van der Waals surface area contributed by atoms with Crippen molar-refractivity contribution in [2.24, 2.45) is 0 Å². The second-order valence-electron chi connectivity index (χ2n) is 2.62. The topological polar surface area (TPSA) is 26.3 Å². The van der Waals surface area contributed by atoms with Crippen molar-refractivity contribution in [3.8, 4) is 0 Å². The van der Waals surface area contributed by atoms with E-state index in [0.29, 0.717) is 4.65 Å². The van der Waals surface area contributed by atoms with Crippen molar-refractivity contribution in [3.05, 3.63) is 12.7 Å². The van der Waals surface area contributed by atoms with E-state index in [-0.39, 0.29) is 5.97 Å². The van der Waals surface area contributed by atoms with Crippen molar-refractivity contribution in [1.82, 2.24) is 0 Å². The Morgan fingerprint density at radius 3 is 2.00 bits per heavy atom. The Morgan fingerprint density at radius 1 is 1.33 bits per heavy atom. The number of nitrogens with zero attached hydrogens (tertiary/aromatic N) is 1. The predicted molar refractivity (Wildman–Crippen MR) is 48.2 cm³/mol. The number of hydrogen-bond donors (Lipinski definition) is 0. The van der Waals surface area contributed by atoms with E-state index in [2.05, 4.69) is 6.58 Å². The maximum atomic E-state index is 10.9. The van der Waals surface area contributed by atoms with Gasteiger partial charge in [-0.25, -0.2) is 4.79 Å². The summed E-state index contributed by atoms with van der Waals surface area (Å²) in [6.45, 7) is 11.8. The lowest BCUT2D eigenvalue weighted by atomic mass is 10.5. The monoisotopic (exact) mass is 172 g/mol. The first-order valence-corrected chi connectivity index (χ1v) is 4.36. The molecule has 3 heteroatoms. The Balaban J connectivity index is 4.29. The zero-order valence-electron chi connectivity index (χ0n) is 8.17. The first kappa shape index (κ1) is 11.2. The fraction of sp³-hybridized carbons (Fsp3) is 0.667. The highest BCUT2D eigenvalue weighted by atomic mass is 16.7. The number of hydroxylamine groups is 3. The number of hydrogen-bond acceptors (Lipinski definition) is 2. The maximum absolute atomic E-state index is 10.9. The average Bonchev–Trinajstić information content (AvgIpc) is 2.14. The molecule has 0 radical (unpaired) electrons. The number of carbonyl (C=O) groups excluding carboxylic acids is 1. The fourth-order valence-electron chi connectivity index (χ4n) is 1.09. The van der Waals surface area contributed by atoms with Crippen LogP contribution in [-0.2, 0) is 9.63 Å². The van der Waals surface area contributed by atoms with E-state index >= 15 is 0 Å². The number of quaternary nitrogens is 1. The lowest BCUT2D eigenvalue weighted by Crippen LogP contribution is -2.48. The predicted octanol–water partition coefficient (Wildman–Crippen LogP) is 1.51. The highest BCUT2D eigenvalue weighted by Gasteiger charge is 2.25. The molecule has 0 saturated heterocycles. The van der Waals surface area contributed by atoms with E-state index in [1.165, 1.54) is 6.08 Å². The first-order valence-electron chi connectivity index (χ1n) is 4.36. The third kappa shape index (κ3) is 2.66. The molecule has 0 aliphatic rings. The summed E-state index contributed by atoms with van der Waals surface area (Å²) in [4.78, 5) is 16.2. The summed E-state index contributed by atoms with van der Waals surface area (Å²) in [6.07, 6.45) is 1.20. The number of rotatable bonds is 5. The lowest BCUT2D eigenvalue weighted by Gasteiger charge is -2.30. The molecule has 0 unspecified atom stereocenters. The van der Waals surface area contributed by atoms with Gasteiger partial charge in [0.2, 0.25) is 0 Å². The molecule has 0 aromatic heterocycles. The van der Waals surface area contributed by atoms with Gasteiger partial charge in [0, 0.05) is 6.08 Å². The highest BCUT2D eigenvalue weighted by Crippen LogP contribution is 2.07. The van der Waals surface area contributed by atoms with Gasteiger partial charge in [0.05, 0.1) is 0 Å². The SMILES string of the molecule is C=CC(=O)O[N+](CC)(CC)CC. The van der Waals surface area contributed by atoms with Crippen molar-refractivity contribution >= 4 is 5.97 Å². The Hall–Kier alpha value is -0.830. The molecule has 0 saturated carbocycles. The minimum Gasteiger partial charge on any atom is -0.272 e. The van der Waals surface area contributed by atoms with Gasteiger partial charge in [-0.15, -0.1) is 4.65 Å². The maximum Gasteiger partial charge on any atom is 0.389 e. The van der Waals surface area contributed by atoms with Gasteiger partial charge in [-0.3, -0.25) is 4.84 Å². The lowest BCUT2D eigenvalue weighted by molar-refractivity contribution is -1.08. The summed E-state index contributed by atoms with van der Waals surface area (Å²) in [6, 6.07) is 0. The second-order valence-corrected chi connectivity index (χ2v) is 2.62. The molecule has 0 aromatic rings. The quantitative estimate of drug-likeness (QED) is 0.357. The second kappa shape index (κ2) is 4.93. The van der Waals surface area contributed by atoms with E-state index in [0.717, 1.165) is 19.6 Å². The molecule has 0 amide bonds. The molecule has 70 valence electrons. The Labute approximate surface area is 74.2 Å². The molecule has 0 aliphatic carbocycles. The molecule has 0 aromatic carbocycles. The smallest absolute Gasteiger partial charge is 0.272 e. The first-order chi connectivity index (χ1) is 5.64. The summed E-state index contributed by atoms with van der Waals surface area (Å²) in [7, 11) is 0. The minimum atomic E-state index is -0.347. The van der Waals surface area contributed by atoms with Gasteiger partial charge < -0.3 is 0 Å². The van der Waals surface area contributed by atoms with Crippen LogP contribution in [0.4, 0.5) is 0 Å². The summed E-state index contributed by atoms with van der Waals surface area (Å²) in [5.41, 5.74) is 0. The van der Waals surface area contributed by atoms with Gasteiger partial charge in [-0.2, -0.15) is 0 Å². The summed E-state index contributed by atoms with van der Waals surface area (Å²) >= 11 is 0. The van der Waals surface area contributed by atoms with Gasteiger partial charge in [0.15, 0.2) is 0 Å². The molecule has 0 rings (SSSR count). The van der Waals surface area contributed by atoms with Gasteiger partial charge >= 0.3 is 5.97 Å². The minimum absolute atomic E-state index is 0.347. The molecule has 12 heavy (non-hydrogen) atoms. The Bertz CT molecular complexity index is 154. The van der Waals surface area contributed by atoms with Crippen LogP contribution in [0.5, 0.6) is 0 Å². The van der Waals surface area contributed by atoms with Crippen LogP contribution in [0.3, 0.4) is 0 Å². The molecular weight excluding hydrogens is 154 g/mol. The van der Waals surface area contributed by atoms with E-state index < -0.39 is 0 Å².